The smallest absolute Gasteiger partial charge is 0.309 e. The van der Waals surface area contributed by atoms with E-state index in [1.54, 1.807) is 0 Å². The van der Waals surface area contributed by atoms with Gasteiger partial charge in [-0.05, 0) is 43.0 Å². The molecule has 0 amide bonds. The molecule has 0 unspecified atom stereocenters. The minimum absolute atomic E-state index is 0.134. The topological polar surface area (TPSA) is 49.7 Å². The van der Waals surface area contributed by atoms with Gasteiger partial charge in [-0.1, -0.05) is 15.9 Å². The number of hydrogen-bond donors (Lipinski definition) is 1. The highest BCUT2D eigenvalue weighted by Crippen LogP contribution is 2.32. The van der Waals surface area contributed by atoms with Gasteiger partial charge < -0.3 is 5.11 Å². The zero-order chi connectivity index (χ0) is 12.0. The van der Waals surface area contributed by atoms with Gasteiger partial charge in [0.2, 0.25) is 0 Å². The van der Waals surface area contributed by atoms with E-state index < -0.39 is 5.97 Å². The lowest BCUT2D eigenvalue weighted by Crippen LogP contribution is -2.31. The maximum atomic E-state index is 11.2. The van der Waals surface area contributed by atoms with Crippen LogP contribution in [0, 0.1) is 5.92 Å². The van der Waals surface area contributed by atoms with Crippen LogP contribution in [0.5, 0.6) is 0 Å². The number of carboxylic acids is 1. The molecule has 0 bridgehead atoms. The number of aliphatic carboxylic acids is 1. The minimum atomic E-state index is -0.720. The highest BCUT2D eigenvalue weighted by Gasteiger charge is 2.36. The van der Waals surface area contributed by atoms with Gasteiger partial charge in [0.05, 0.1) is 17.3 Å². The second-order valence-electron chi connectivity index (χ2n) is 4.60. The first kappa shape index (κ1) is 11.0. The van der Waals surface area contributed by atoms with Crippen molar-refractivity contribution in [2.24, 2.45) is 10.9 Å². The quantitative estimate of drug-likeness (QED) is 0.853. The molecule has 88 valence electrons. The summed E-state index contributed by atoms with van der Waals surface area (Å²) < 4.78 is 1.03. The summed E-state index contributed by atoms with van der Waals surface area (Å²) in [5, 5.41) is 11.3. The number of hydrogen-bond acceptors (Lipinski definition) is 2. The van der Waals surface area contributed by atoms with E-state index in [0.717, 1.165) is 34.3 Å². The molecule has 3 rings (SSSR count). The first-order valence-corrected chi connectivity index (χ1v) is 6.55. The van der Waals surface area contributed by atoms with E-state index in [1.807, 2.05) is 12.1 Å². The summed E-state index contributed by atoms with van der Waals surface area (Å²) in [6.45, 7) is 0. The second-order valence-corrected chi connectivity index (χ2v) is 5.51. The fraction of sp³-hybridized carbons (Fsp3) is 0.385. The van der Waals surface area contributed by atoms with Crippen molar-refractivity contribution in [3.05, 3.63) is 33.2 Å². The van der Waals surface area contributed by atoms with Crippen LogP contribution in [0.2, 0.25) is 0 Å². The van der Waals surface area contributed by atoms with Gasteiger partial charge in [-0.3, -0.25) is 9.79 Å². The Kier molecular flexibility index (Phi) is 2.54. The van der Waals surface area contributed by atoms with Gasteiger partial charge in [-0.2, -0.15) is 0 Å². The van der Waals surface area contributed by atoms with Crippen molar-refractivity contribution in [3.8, 4) is 0 Å². The average Bonchev–Trinajstić information content (AvgIpc) is 2.66. The summed E-state index contributed by atoms with van der Waals surface area (Å²) >= 11 is 3.45. The highest BCUT2D eigenvalue weighted by atomic mass is 79.9. The summed E-state index contributed by atoms with van der Waals surface area (Å²) in [6.07, 6.45) is 2.66. The predicted molar refractivity (Wildman–Crippen MR) is 67.1 cm³/mol. The van der Waals surface area contributed by atoms with Gasteiger partial charge in [-0.15, -0.1) is 0 Å². The number of halogens is 1. The standard InChI is InChI=1S/C13H12BrNO2/c14-7-4-5-11-10(6-7)8-2-1-3-9(13(16)17)12(8)15-11/h4-6,9,12H,1-3H2,(H,16,17)/t9-,12+/m0/s1. The third-order valence-corrected chi connectivity index (χ3v) is 4.09. The third kappa shape index (κ3) is 1.71. The van der Waals surface area contributed by atoms with Crippen LogP contribution in [-0.4, -0.2) is 17.1 Å². The first-order valence-electron chi connectivity index (χ1n) is 5.76. The Hall–Kier alpha value is -1.16. The van der Waals surface area contributed by atoms with Crippen LogP contribution < -0.4 is 10.6 Å². The van der Waals surface area contributed by atoms with Crippen LogP contribution in [0.1, 0.15) is 19.3 Å². The lowest BCUT2D eigenvalue weighted by Gasteiger charge is -2.25. The van der Waals surface area contributed by atoms with E-state index in [4.69, 9.17) is 0 Å². The van der Waals surface area contributed by atoms with E-state index in [9.17, 15) is 9.90 Å². The van der Waals surface area contributed by atoms with E-state index in [-0.39, 0.29) is 12.0 Å². The highest BCUT2D eigenvalue weighted by molar-refractivity contribution is 9.10. The summed E-state index contributed by atoms with van der Waals surface area (Å²) in [5.74, 6) is -1.06. The molecule has 0 radical (unpaired) electrons. The maximum Gasteiger partial charge on any atom is 0.309 e. The Morgan fingerprint density at radius 1 is 1.47 bits per heavy atom. The molecule has 0 saturated heterocycles. The Morgan fingerprint density at radius 3 is 3.06 bits per heavy atom. The molecule has 1 N–H and O–H groups in total. The fourth-order valence-corrected chi connectivity index (χ4v) is 3.17. The van der Waals surface area contributed by atoms with Crippen LogP contribution in [0.4, 0.5) is 0 Å². The zero-order valence-corrected chi connectivity index (χ0v) is 10.8. The molecule has 1 aromatic carbocycles. The maximum absolute atomic E-state index is 11.2. The molecule has 1 fully saturated rings. The Labute approximate surface area is 107 Å². The van der Waals surface area contributed by atoms with Crippen LogP contribution in [-0.2, 0) is 4.79 Å². The molecule has 2 aliphatic rings. The number of benzene rings is 1. The van der Waals surface area contributed by atoms with E-state index >= 15 is 0 Å². The lowest BCUT2D eigenvalue weighted by molar-refractivity contribution is -0.142. The van der Waals surface area contributed by atoms with Crippen molar-refractivity contribution in [3.63, 3.8) is 0 Å². The van der Waals surface area contributed by atoms with E-state index in [2.05, 4.69) is 27.0 Å². The Bertz CT molecular complexity index is 608. The largest absolute Gasteiger partial charge is 0.481 e. The molecule has 17 heavy (non-hydrogen) atoms. The van der Waals surface area contributed by atoms with Gasteiger partial charge in [0.25, 0.3) is 0 Å². The van der Waals surface area contributed by atoms with Crippen LogP contribution in [0.15, 0.2) is 27.7 Å². The van der Waals surface area contributed by atoms with Crippen molar-refractivity contribution in [2.75, 3.05) is 0 Å². The van der Waals surface area contributed by atoms with E-state index in [0.29, 0.717) is 0 Å². The molecular formula is C13H12BrNO2. The summed E-state index contributed by atoms with van der Waals surface area (Å²) in [4.78, 5) is 15.8. The van der Waals surface area contributed by atoms with Crippen molar-refractivity contribution >= 4 is 27.5 Å². The molecular weight excluding hydrogens is 282 g/mol. The van der Waals surface area contributed by atoms with Crippen LogP contribution in [0.3, 0.4) is 0 Å². The first-order chi connectivity index (χ1) is 8.16. The number of nitrogens with zero attached hydrogens (tertiary/aromatic N) is 1. The Balaban J connectivity index is 2.19. The van der Waals surface area contributed by atoms with Gasteiger partial charge in [0.1, 0.15) is 0 Å². The van der Waals surface area contributed by atoms with Crippen molar-refractivity contribution in [1.29, 1.82) is 0 Å². The fourth-order valence-electron chi connectivity index (χ4n) is 2.81. The molecule has 1 heterocycles. The van der Waals surface area contributed by atoms with Crippen LogP contribution in [0.25, 0.3) is 5.57 Å². The van der Waals surface area contributed by atoms with E-state index in [1.165, 1.54) is 5.57 Å². The Morgan fingerprint density at radius 2 is 2.29 bits per heavy atom. The van der Waals surface area contributed by atoms with Crippen LogP contribution >= 0.6 is 15.9 Å². The number of fused-ring (bicyclic) bond motifs is 2. The normalized spacial score (nSPS) is 26.1. The second kappa shape index (κ2) is 3.95. The number of carboxylic acid groups (broad SMARTS) is 1. The number of rotatable bonds is 1. The summed E-state index contributed by atoms with van der Waals surface area (Å²) in [6, 6.07) is 5.84. The summed E-state index contributed by atoms with van der Waals surface area (Å²) in [7, 11) is 0. The molecule has 1 saturated carbocycles. The molecule has 1 aliphatic carbocycles. The monoisotopic (exact) mass is 293 g/mol. The van der Waals surface area contributed by atoms with Gasteiger partial charge in [0.15, 0.2) is 0 Å². The molecule has 3 nitrogen and oxygen atoms in total. The predicted octanol–water partition coefficient (Wildman–Crippen LogP) is 1.49. The van der Waals surface area contributed by atoms with Gasteiger partial charge >= 0.3 is 5.97 Å². The molecule has 0 spiro atoms. The van der Waals surface area contributed by atoms with Crippen molar-refractivity contribution in [1.82, 2.24) is 0 Å². The molecule has 4 heteroatoms. The molecule has 1 aromatic rings. The molecule has 1 aliphatic heterocycles. The van der Waals surface area contributed by atoms with Gasteiger partial charge in [-0.25, -0.2) is 0 Å². The molecule has 2 atom stereocenters. The summed E-state index contributed by atoms with van der Waals surface area (Å²) in [5.41, 5.74) is 1.21. The minimum Gasteiger partial charge on any atom is -0.481 e. The SMILES string of the molecule is O=C(O)[C@H]1CCCC2=c3cc(Br)ccc3=N[C@H]21. The zero-order valence-electron chi connectivity index (χ0n) is 9.19. The van der Waals surface area contributed by atoms with Gasteiger partial charge in [0, 0.05) is 9.69 Å². The average molecular weight is 294 g/mol. The number of carbonyl (C=O) groups is 1. The van der Waals surface area contributed by atoms with Crippen molar-refractivity contribution in [2.45, 2.75) is 25.3 Å². The molecule has 0 aromatic heterocycles. The lowest BCUT2D eigenvalue weighted by atomic mass is 9.81. The third-order valence-electron chi connectivity index (χ3n) is 3.60. The van der Waals surface area contributed by atoms with Crippen molar-refractivity contribution < 1.29 is 9.90 Å².